The quantitative estimate of drug-likeness (QED) is 0.670. The first kappa shape index (κ1) is 17.0. The highest BCUT2D eigenvalue weighted by Gasteiger charge is 2.18. The fourth-order valence-electron chi connectivity index (χ4n) is 2.90. The molecule has 25 heavy (non-hydrogen) atoms. The first-order valence-corrected chi connectivity index (χ1v) is 8.21. The van der Waals surface area contributed by atoms with Crippen LogP contribution in [0.25, 0.3) is 5.78 Å². The molecule has 6 heteroatoms. The van der Waals surface area contributed by atoms with Gasteiger partial charge in [-0.3, -0.25) is 9.20 Å². The van der Waals surface area contributed by atoms with Crippen molar-refractivity contribution in [1.82, 2.24) is 14.4 Å². The third-order valence-corrected chi connectivity index (χ3v) is 4.37. The molecular formula is C19H22N4O2. The highest BCUT2D eigenvalue weighted by Crippen LogP contribution is 2.23. The number of ether oxygens (including phenoxy) is 1. The molecule has 0 aliphatic heterocycles. The Bertz CT molecular complexity index is 927. The number of anilines is 1. The Morgan fingerprint density at radius 2 is 1.88 bits per heavy atom. The van der Waals surface area contributed by atoms with E-state index in [4.69, 9.17) is 4.74 Å². The molecule has 0 N–H and O–H groups in total. The number of methoxy groups -OCH3 is 1. The SMILES string of the molecule is CCc1c(OC)nc2nc(C(=O)c3ccc(N(C)C)cc3)cn2c1C. The zero-order valence-electron chi connectivity index (χ0n) is 15.2. The monoisotopic (exact) mass is 338 g/mol. The fourth-order valence-corrected chi connectivity index (χ4v) is 2.90. The van der Waals surface area contributed by atoms with Crippen LogP contribution in [0.3, 0.4) is 0 Å². The van der Waals surface area contributed by atoms with Crippen molar-refractivity contribution in [1.29, 1.82) is 0 Å². The Balaban J connectivity index is 2.04. The normalized spacial score (nSPS) is 10.9. The van der Waals surface area contributed by atoms with Gasteiger partial charge in [0.15, 0.2) is 0 Å². The van der Waals surface area contributed by atoms with E-state index in [1.165, 1.54) is 0 Å². The van der Waals surface area contributed by atoms with Crippen molar-refractivity contribution in [3.63, 3.8) is 0 Å². The second-order valence-electron chi connectivity index (χ2n) is 6.11. The van der Waals surface area contributed by atoms with Crippen molar-refractivity contribution in [2.24, 2.45) is 0 Å². The highest BCUT2D eigenvalue weighted by atomic mass is 16.5. The molecule has 0 amide bonds. The minimum absolute atomic E-state index is 0.118. The number of carbonyl (C=O) groups excluding carboxylic acids is 1. The lowest BCUT2D eigenvalue weighted by molar-refractivity contribution is 0.103. The predicted octanol–water partition coefficient (Wildman–Crippen LogP) is 2.91. The molecular weight excluding hydrogens is 316 g/mol. The van der Waals surface area contributed by atoms with Gasteiger partial charge in [0.2, 0.25) is 17.4 Å². The number of imidazole rings is 1. The minimum Gasteiger partial charge on any atom is -0.481 e. The molecule has 0 aliphatic carbocycles. The topological polar surface area (TPSA) is 59.7 Å². The van der Waals surface area contributed by atoms with E-state index in [1.54, 1.807) is 13.3 Å². The largest absolute Gasteiger partial charge is 0.481 e. The number of aryl methyl sites for hydroxylation is 1. The first-order valence-electron chi connectivity index (χ1n) is 8.21. The van der Waals surface area contributed by atoms with E-state index in [0.717, 1.165) is 23.4 Å². The average Bonchev–Trinajstić information content (AvgIpc) is 3.05. The Morgan fingerprint density at radius 1 is 1.20 bits per heavy atom. The summed E-state index contributed by atoms with van der Waals surface area (Å²) in [5.41, 5.74) is 4.03. The Kier molecular flexibility index (Phi) is 4.44. The van der Waals surface area contributed by atoms with Gasteiger partial charge in [-0.1, -0.05) is 6.92 Å². The molecule has 130 valence electrons. The van der Waals surface area contributed by atoms with Crippen LogP contribution >= 0.6 is 0 Å². The zero-order valence-corrected chi connectivity index (χ0v) is 15.2. The summed E-state index contributed by atoms with van der Waals surface area (Å²) in [5.74, 6) is 0.916. The minimum atomic E-state index is -0.118. The van der Waals surface area contributed by atoms with Crippen molar-refractivity contribution in [3.8, 4) is 5.88 Å². The summed E-state index contributed by atoms with van der Waals surface area (Å²) < 4.78 is 7.21. The molecule has 0 saturated carbocycles. The zero-order chi connectivity index (χ0) is 18.1. The van der Waals surface area contributed by atoms with E-state index in [0.29, 0.717) is 22.9 Å². The third kappa shape index (κ3) is 2.95. The van der Waals surface area contributed by atoms with Gasteiger partial charge in [-0.05, 0) is 37.6 Å². The molecule has 0 radical (unpaired) electrons. The molecule has 0 saturated heterocycles. The summed E-state index contributed by atoms with van der Waals surface area (Å²) >= 11 is 0. The number of carbonyl (C=O) groups is 1. The molecule has 3 aromatic rings. The second-order valence-corrected chi connectivity index (χ2v) is 6.11. The summed E-state index contributed by atoms with van der Waals surface area (Å²) in [6, 6.07) is 7.48. The number of rotatable bonds is 5. The standard InChI is InChI=1S/C19H22N4O2/c1-6-15-12(2)23-11-16(20-19(23)21-18(15)25-5)17(24)13-7-9-14(10-8-13)22(3)4/h7-11H,6H2,1-5H3. The second kappa shape index (κ2) is 6.55. The van der Waals surface area contributed by atoms with Crippen LogP contribution in [0.5, 0.6) is 5.88 Å². The molecule has 0 aliphatic rings. The lowest BCUT2D eigenvalue weighted by Crippen LogP contribution is -2.09. The van der Waals surface area contributed by atoms with Crippen molar-refractivity contribution >= 4 is 17.2 Å². The number of ketones is 1. The molecule has 6 nitrogen and oxygen atoms in total. The summed E-state index contributed by atoms with van der Waals surface area (Å²) in [4.78, 5) is 23.6. The van der Waals surface area contributed by atoms with Crippen molar-refractivity contribution in [2.75, 3.05) is 26.1 Å². The van der Waals surface area contributed by atoms with Gasteiger partial charge in [-0.2, -0.15) is 4.98 Å². The van der Waals surface area contributed by atoms with E-state index in [2.05, 4.69) is 9.97 Å². The summed E-state index contributed by atoms with van der Waals surface area (Å²) in [7, 11) is 5.52. The van der Waals surface area contributed by atoms with Gasteiger partial charge in [0.25, 0.3) is 0 Å². The molecule has 0 bridgehead atoms. The lowest BCUT2D eigenvalue weighted by Gasteiger charge is -2.12. The van der Waals surface area contributed by atoms with Crippen LogP contribution in [0.4, 0.5) is 5.69 Å². The van der Waals surface area contributed by atoms with E-state index < -0.39 is 0 Å². The van der Waals surface area contributed by atoms with E-state index >= 15 is 0 Å². The van der Waals surface area contributed by atoms with Gasteiger partial charge >= 0.3 is 0 Å². The molecule has 1 aromatic carbocycles. The van der Waals surface area contributed by atoms with Gasteiger partial charge in [-0.15, -0.1) is 0 Å². The van der Waals surface area contributed by atoms with Gasteiger partial charge in [-0.25, -0.2) is 4.98 Å². The van der Waals surface area contributed by atoms with Crippen LogP contribution in [0.15, 0.2) is 30.5 Å². The Morgan fingerprint density at radius 3 is 2.44 bits per heavy atom. The number of benzene rings is 1. The van der Waals surface area contributed by atoms with Crippen LogP contribution in [-0.2, 0) is 6.42 Å². The Hall–Kier alpha value is -2.89. The molecule has 0 unspecified atom stereocenters. The van der Waals surface area contributed by atoms with Gasteiger partial charge < -0.3 is 9.64 Å². The number of hydrogen-bond donors (Lipinski definition) is 0. The number of hydrogen-bond acceptors (Lipinski definition) is 5. The van der Waals surface area contributed by atoms with E-state index in [-0.39, 0.29) is 5.78 Å². The maximum absolute atomic E-state index is 12.8. The third-order valence-electron chi connectivity index (χ3n) is 4.37. The lowest BCUT2D eigenvalue weighted by atomic mass is 10.1. The predicted molar refractivity (Wildman–Crippen MR) is 97.9 cm³/mol. The van der Waals surface area contributed by atoms with Crippen molar-refractivity contribution in [2.45, 2.75) is 20.3 Å². The molecule has 2 aromatic heterocycles. The van der Waals surface area contributed by atoms with Crippen LogP contribution < -0.4 is 9.64 Å². The number of fused-ring (bicyclic) bond motifs is 1. The summed E-state index contributed by atoms with van der Waals surface area (Å²) in [6.07, 6.45) is 2.55. The molecule has 3 rings (SSSR count). The van der Waals surface area contributed by atoms with E-state index in [1.807, 2.05) is 61.5 Å². The molecule has 0 atom stereocenters. The van der Waals surface area contributed by atoms with Crippen LogP contribution in [0.1, 0.15) is 34.2 Å². The average molecular weight is 338 g/mol. The van der Waals surface area contributed by atoms with Crippen LogP contribution in [0, 0.1) is 6.92 Å². The van der Waals surface area contributed by atoms with Gasteiger partial charge in [0.05, 0.1) is 7.11 Å². The van der Waals surface area contributed by atoms with Crippen molar-refractivity contribution in [3.05, 3.63) is 53.0 Å². The Labute approximate surface area is 147 Å². The molecule has 0 fully saturated rings. The number of nitrogens with zero attached hydrogens (tertiary/aromatic N) is 4. The van der Waals surface area contributed by atoms with Gasteiger partial charge in [0, 0.05) is 42.8 Å². The maximum atomic E-state index is 12.8. The molecule has 0 spiro atoms. The first-order chi connectivity index (χ1) is 12.0. The summed E-state index contributed by atoms with van der Waals surface area (Å²) in [5, 5.41) is 0. The van der Waals surface area contributed by atoms with E-state index in [9.17, 15) is 4.79 Å². The van der Waals surface area contributed by atoms with Crippen LogP contribution in [-0.4, -0.2) is 41.4 Å². The smallest absolute Gasteiger partial charge is 0.237 e. The highest BCUT2D eigenvalue weighted by molar-refractivity contribution is 6.08. The maximum Gasteiger partial charge on any atom is 0.237 e. The number of aromatic nitrogens is 3. The fraction of sp³-hybridized carbons (Fsp3) is 0.316. The molecule has 2 heterocycles. The summed E-state index contributed by atoms with van der Waals surface area (Å²) in [6.45, 7) is 4.03. The van der Waals surface area contributed by atoms with Gasteiger partial charge in [0.1, 0.15) is 5.69 Å². The van der Waals surface area contributed by atoms with Crippen LogP contribution in [0.2, 0.25) is 0 Å². The van der Waals surface area contributed by atoms with Crippen molar-refractivity contribution < 1.29 is 9.53 Å².